The van der Waals surface area contributed by atoms with E-state index in [-0.39, 0.29) is 6.04 Å². The molecule has 1 aromatic heterocycles. The Bertz CT molecular complexity index is 646. The number of para-hydroxylation sites is 1. The van der Waals surface area contributed by atoms with Crippen molar-refractivity contribution in [2.24, 2.45) is 4.99 Å². The summed E-state index contributed by atoms with van der Waals surface area (Å²) in [6.45, 7) is 3.56. The largest absolute Gasteiger partial charge is 0.496 e. The molecule has 21 heavy (non-hydrogen) atoms. The normalized spacial score (nSPS) is 17.4. The van der Waals surface area contributed by atoms with E-state index in [1.165, 1.54) is 0 Å². The fraction of sp³-hybridized carbons (Fsp3) is 0.353. The first-order valence-electron chi connectivity index (χ1n) is 7.29. The van der Waals surface area contributed by atoms with Crippen LogP contribution in [-0.4, -0.2) is 30.2 Å². The molecule has 0 radical (unpaired) electrons. The molecule has 0 spiro atoms. The van der Waals surface area contributed by atoms with E-state index in [0.29, 0.717) is 6.61 Å². The van der Waals surface area contributed by atoms with E-state index in [1.54, 1.807) is 7.11 Å². The van der Waals surface area contributed by atoms with Gasteiger partial charge in [-0.1, -0.05) is 25.1 Å². The molecule has 0 unspecified atom stereocenters. The van der Waals surface area contributed by atoms with Crippen molar-refractivity contribution in [3.05, 3.63) is 53.9 Å². The molecule has 110 valence electrons. The topological polar surface area (TPSA) is 35.8 Å². The van der Waals surface area contributed by atoms with Gasteiger partial charge >= 0.3 is 0 Å². The molecular weight excluding hydrogens is 264 g/mol. The van der Waals surface area contributed by atoms with Gasteiger partial charge in [0, 0.05) is 11.8 Å². The minimum absolute atomic E-state index is 0.287. The van der Waals surface area contributed by atoms with Gasteiger partial charge in [0.05, 0.1) is 19.7 Å². The fourth-order valence-corrected chi connectivity index (χ4v) is 2.53. The van der Waals surface area contributed by atoms with Crippen molar-refractivity contribution in [1.82, 2.24) is 4.57 Å². The molecule has 4 heteroatoms. The lowest BCUT2D eigenvalue weighted by atomic mass is 10.2. The van der Waals surface area contributed by atoms with Gasteiger partial charge in [0.1, 0.15) is 18.1 Å². The van der Waals surface area contributed by atoms with E-state index >= 15 is 0 Å². The lowest BCUT2D eigenvalue weighted by Gasteiger charge is -2.12. The summed E-state index contributed by atoms with van der Waals surface area (Å²) in [5.74, 6) is 1.65. The molecule has 1 atom stereocenters. The Morgan fingerprint density at radius 2 is 2.14 bits per heavy atom. The number of methoxy groups -OCH3 is 1. The maximum Gasteiger partial charge on any atom is 0.233 e. The van der Waals surface area contributed by atoms with Crippen LogP contribution in [0.25, 0.3) is 0 Å². The smallest absolute Gasteiger partial charge is 0.233 e. The van der Waals surface area contributed by atoms with Gasteiger partial charge in [-0.05, 0) is 24.6 Å². The summed E-state index contributed by atoms with van der Waals surface area (Å²) in [6, 6.07) is 12.4. The summed E-state index contributed by atoms with van der Waals surface area (Å²) in [6.07, 6.45) is 3.06. The third-order valence-corrected chi connectivity index (χ3v) is 3.77. The zero-order chi connectivity index (χ0) is 14.7. The van der Waals surface area contributed by atoms with Crippen molar-refractivity contribution in [1.29, 1.82) is 0 Å². The standard InChI is InChI=1S/C17H20N2O2/c1-3-14-12-21-17(18-14)15-8-6-10-19(15)11-13-7-4-5-9-16(13)20-2/h4-10,14H,3,11-12H2,1-2H3/t14-/m1/s1. The molecule has 0 amide bonds. The number of ether oxygens (including phenoxy) is 2. The van der Waals surface area contributed by atoms with E-state index < -0.39 is 0 Å². The number of hydrogen-bond acceptors (Lipinski definition) is 3. The molecule has 1 aliphatic rings. The maximum atomic E-state index is 5.73. The summed E-state index contributed by atoms with van der Waals surface area (Å²) in [5, 5.41) is 0. The summed E-state index contributed by atoms with van der Waals surface area (Å²) in [7, 11) is 1.70. The van der Waals surface area contributed by atoms with Crippen molar-refractivity contribution in [3.63, 3.8) is 0 Å². The molecule has 0 bridgehead atoms. The van der Waals surface area contributed by atoms with Crippen molar-refractivity contribution in [2.45, 2.75) is 25.9 Å². The van der Waals surface area contributed by atoms with E-state index in [2.05, 4.69) is 22.5 Å². The van der Waals surface area contributed by atoms with Crippen molar-refractivity contribution >= 4 is 5.90 Å². The van der Waals surface area contributed by atoms with E-state index in [0.717, 1.165) is 35.9 Å². The van der Waals surface area contributed by atoms with Crippen LogP contribution in [0.15, 0.2) is 47.6 Å². The first kappa shape index (κ1) is 13.7. The molecule has 0 saturated heterocycles. The quantitative estimate of drug-likeness (QED) is 0.845. The highest BCUT2D eigenvalue weighted by atomic mass is 16.5. The zero-order valence-corrected chi connectivity index (χ0v) is 12.5. The average molecular weight is 284 g/mol. The molecular formula is C17H20N2O2. The Kier molecular flexibility index (Phi) is 3.95. The van der Waals surface area contributed by atoms with Gasteiger partial charge in [0.2, 0.25) is 5.90 Å². The van der Waals surface area contributed by atoms with Crippen LogP contribution in [0.4, 0.5) is 0 Å². The Balaban J connectivity index is 1.86. The van der Waals surface area contributed by atoms with Crippen LogP contribution < -0.4 is 4.74 Å². The van der Waals surface area contributed by atoms with Crippen LogP contribution in [0, 0.1) is 0 Å². The van der Waals surface area contributed by atoms with Crippen molar-refractivity contribution in [3.8, 4) is 5.75 Å². The van der Waals surface area contributed by atoms with Crippen LogP contribution in [0.2, 0.25) is 0 Å². The third kappa shape index (κ3) is 2.79. The first-order valence-corrected chi connectivity index (χ1v) is 7.29. The minimum Gasteiger partial charge on any atom is -0.496 e. The lowest BCUT2D eigenvalue weighted by molar-refractivity contribution is 0.313. The number of aromatic nitrogens is 1. The summed E-state index contributed by atoms with van der Waals surface area (Å²) < 4.78 is 13.3. The summed E-state index contributed by atoms with van der Waals surface area (Å²) in [5.41, 5.74) is 2.17. The summed E-state index contributed by atoms with van der Waals surface area (Å²) >= 11 is 0. The molecule has 0 aliphatic carbocycles. The molecule has 0 saturated carbocycles. The second-order valence-corrected chi connectivity index (χ2v) is 5.14. The predicted molar refractivity (Wildman–Crippen MR) is 83.1 cm³/mol. The number of nitrogens with zero attached hydrogens (tertiary/aromatic N) is 2. The number of rotatable bonds is 5. The molecule has 1 aliphatic heterocycles. The molecule has 4 nitrogen and oxygen atoms in total. The van der Waals surface area contributed by atoms with Gasteiger partial charge in [0.25, 0.3) is 0 Å². The van der Waals surface area contributed by atoms with Crippen LogP contribution >= 0.6 is 0 Å². The molecule has 0 fully saturated rings. The first-order chi connectivity index (χ1) is 10.3. The Morgan fingerprint density at radius 1 is 1.29 bits per heavy atom. The van der Waals surface area contributed by atoms with E-state index in [4.69, 9.17) is 9.47 Å². The van der Waals surface area contributed by atoms with E-state index in [1.807, 2.05) is 36.5 Å². The highest BCUT2D eigenvalue weighted by molar-refractivity contribution is 5.93. The lowest BCUT2D eigenvalue weighted by Crippen LogP contribution is -2.11. The Labute approximate surface area is 125 Å². The molecule has 2 heterocycles. The highest BCUT2D eigenvalue weighted by Gasteiger charge is 2.21. The van der Waals surface area contributed by atoms with Crippen LogP contribution in [0.1, 0.15) is 24.6 Å². The minimum atomic E-state index is 0.287. The Morgan fingerprint density at radius 3 is 2.90 bits per heavy atom. The second kappa shape index (κ2) is 6.04. The van der Waals surface area contributed by atoms with Crippen LogP contribution in [0.3, 0.4) is 0 Å². The van der Waals surface area contributed by atoms with Crippen LogP contribution in [0.5, 0.6) is 5.75 Å². The van der Waals surface area contributed by atoms with E-state index in [9.17, 15) is 0 Å². The van der Waals surface area contributed by atoms with Gasteiger partial charge in [0.15, 0.2) is 0 Å². The zero-order valence-electron chi connectivity index (χ0n) is 12.5. The second-order valence-electron chi connectivity index (χ2n) is 5.14. The fourth-order valence-electron chi connectivity index (χ4n) is 2.53. The predicted octanol–water partition coefficient (Wildman–Crippen LogP) is 3.10. The van der Waals surface area contributed by atoms with Gasteiger partial charge in [-0.15, -0.1) is 0 Å². The van der Waals surface area contributed by atoms with Crippen LogP contribution in [-0.2, 0) is 11.3 Å². The van der Waals surface area contributed by atoms with Gasteiger partial charge in [-0.3, -0.25) is 0 Å². The maximum absolute atomic E-state index is 5.73. The van der Waals surface area contributed by atoms with Gasteiger partial charge in [-0.2, -0.15) is 0 Å². The average Bonchev–Trinajstić information content (AvgIpc) is 3.16. The Hall–Kier alpha value is -2.23. The molecule has 3 rings (SSSR count). The molecule has 0 N–H and O–H groups in total. The van der Waals surface area contributed by atoms with Gasteiger partial charge < -0.3 is 14.0 Å². The third-order valence-electron chi connectivity index (χ3n) is 3.77. The molecule has 2 aromatic rings. The van der Waals surface area contributed by atoms with Gasteiger partial charge in [-0.25, -0.2) is 4.99 Å². The number of aliphatic imine (C=N–C) groups is 1. The monoisotopic (exact) mass is 284 g/mol. The number of benzene rings is 1. The number of hydrogen-bond donors (Lipinski definition) is 0. The SMILES string of the molecule is CC[C@@H]1COC(c2cccn2Cc2ccccc2OC)=N1. The summed E-state index contributed by atoms with van der Waals surface area (Å²) in [4.78, 5) is 4.64. The van der Waals surface area contributed by atoms with Crippen molar-refractivity contribution < 1.29 is 9.47 Å². The highest BCUT2D eigenvalue weighted by Crippen LogP contribution is 2.21. The molecule has 1 aromatic carbocycles. The van der Waals surface area contributed by atoms with Crippen molar-refractivity contribution in [2.75, 3.05) is 13.7 Å².